The van der Waals surface area contributed by atoms with Crippen molar-refractivity contribution in [3.05, 3.63) is 85.2 Å². The quantitative estimate of drug-likeness (QED) is 0.183. The lowest BCUT2D eigenvalue weighted by atomic mass is 9.82. The molecule has 43 heavy (non-hydrogen) atoms. The molecule has 3 heterocycles. The first-order chi connectivity index (χ1) is 21.1. The van der Waals surface area contributed by atoms with Crippen LogP contribution in [0.4, 0.5) is 0 Å². The van der Waals surface area contributed by atoms with E-state index in [1.165, 1.54) is 65.4 Å². The molecule has 1 unspecified atom stereocenters. The van der Waals surface area contributed by atoms with Gasteiger partial charge in [0.05, 0.1) is 41.3 Å². The number of hydrogen-bond donors (Lipinski definition) is 2. The molecule has 2 atom stereocenters. The van der Waals surface area contributed by atoms with Gasteiger partial charge in [0, 0.05) is 23.5 Å². The van der Waals surface area contributed by atoms with Crippen molar-refractivity contribution in [3.8, 4) is 22.4 Å². The number of nitrogens with one attached hydrogen (secondary N) is 2. The number of hydrogen-bond acceptors (Lipinski definition) is 4. The Morgan fingerprint density at radius 3 is 2.47 bits per heavy atom. The highest BCUT2D eigenvalue weighted by molar-refractivity contribution is 5.91. The Labute approximate surface area is 254 Å². The van der Waals surface area contributed by atoms with Gasteiger partial charge in [-0.25, -0.2) is 9.97 Å². The fraction of sp³-hybridized carbons (Fsp3) is 0.378. The van der Waals surface area contributed by atoms with Gasteiger partial charge in [-0.15, -0.1) is 0 Å². The lowest BCUT2D eigenvalue weighted by Crippen LogP contribution is -2.34. The third-order valence-corrected chi connectivity index (χ3v) is 9.73. The Kier molecular flexibility index (Phi) is 7.60. The van der Waals surface area contributed by atoms with Crippen LogP contribution in [-0.4, -0.2) is 43.1 Å². The number of benzene rings is 3. The van der Waals surface area contributed by atoms with E-state index < -0.39 is 0 Å². The summed E-state index contributed by atoms with van der Waals surface area (Å²) in [6.45, 7) is 10.1. The average Bonchev–Trinajstić information content (AvgIpc) is 3.84. The smallest absolute Gasteiger partial charge is 0.130 e. The van der Waals surface area contributed by atoms with Crippen molar-refractivity contribution in [3.63, 3.8) is 0 Å². The molecule has 7 rings (SSSR count). The Balaban J connectivity index is 1.15. The van der Waals surface area contributed by atoms with Crippen molar-refractivity contribution in [1.82, 2.24) is 24.8 Å². The maximum atomic E-state index is 5.26. The van der Waals surface area contributed by atoms with Gasteiger partial charge < -0.3 is 14.9 Å². The molecule has 3 aromatic carbocycles. The van der Waals surface area contributed by atoms with Crippen molar-refractivity contribution in [2.24, 2.45) is 10.9 Å². The van der Waals surface area contributed by atoms with Crippen LogP contribution in [0, 0.1) is 5.92 Å². The predicted octanol–water partition coefficient (Wildman–Crippen LogP) is 9.24. The fourth-order valence-corrected chi connectivity index (χ4v) is 7.17. The minimum absolute atomic E-state index is 0.181. The summed E-state index contributed by atoms with van der Waals surface area (Å²) in [5.41, 5.74) is 9.10. The molecule has 2 N–H and O–H groups in total. The van der Waals surface area contributed by atoms with E-state index in [2.05, 4.69) is 88.3 Å². The number of aromatic nitrogens is 4. The van der Waals surface area contributed by atoms with Gasteiger partial charge in [0.25, 0.3) is 0 Å². The normalized spacial score (nSPS) is 19.0. The Bertz CT molecular complexity index is 1770. The fourth-order valence-electron chi connectivity index (χ4n) is 7.17. The Morgan fingerprint density at radius 2 is 1.70 bits per heavy atom. The van der Waals surface area contributed by atoms with Crippen LogP contribution in [0.5, 0.6) is 0 Å². The number of fused-ring (bicyclic) bond motifs is 2. The summed E-state index contributed by atoms with van der Waals surface area (Å²) in [6, 6.07) is 20.3. The van der Waals surface area contributed by atoms with E-state index >= 15 is 0 Å². The SMILES string of the molecule is C=C(C(N=C(C)CC)C1CCCCC1)N1CCC[C@H]1c1nc2ccc(-c3ccc4cc(-c5cnc[nH]5)ccc4c3)cc2[nH]1. The molecule has 2 aromatic heterocycles. The third kappa shape index (κ3) is 5.51. The second kappa shape index (κ2) is 11.8. The molecule has 0 amide bonds. The molecule has 1 saturated heterocycles. The number of rotatable bonds is 8. The Morgan fingerprint density at radius 1 is 0.953 bits per heavy atom. The van der Waals surface area contributed by atoms with Crippen LogP contribution >= 0.6 is 0 Å². The monoisotopic (exact) mass is 570 g/mol. The number of likely N-dealkylation sites (tertiary alicyclic amines) is 1. The second-order valence-electron chi connectivity index (χ2n) is 12.5. The number of H-pyrrole nitrogens is 2. The van der Waals surface area contributed by atoms with Gasteiger partial charge in [-0.2, -0.15) is 0 Å². The van der Waals surface area contributed by atoms with E-state index in [1.54, 1.807) is 6.33 Å². The van der Waals surface area contributed by atoms with Crippen LogP contribution in [0.3, 0.4) is 0 Å². The molecule has 0 radical (unpaired) electrons. The first-order valence-electron chi connectivity index (χ1n) is 16.1. The number of imidazole rings is 2. The van der Waals surface area contributed by atoms with Crippen LogP contribution in [0.25, 0.3) is 44.2 Å². The van der Waals surface area contributed by atoms with E-state index in [4.69, 9.17) is 16.6 Å². The van der Waals surface area contributed by atoms with Crippen molar-refractivity contribution in [2.45, 2.75) is 77.3 Å². The van der Waals surface area contributed by atoms with Crippen molar-refractivity contribution < 1.29 is 0 Å². The zero-order valence-electron chi connectivity index (χ0n) is 25.4. The number of aliphatic imine (C=N–C) groups is 1. The van der Waals surface area contributed by atoms with Crippen molar-refractivity contribution in [2.75, 3.05) is 6.54 Å². The minimum atomic E-state index is 0.181. The van der Waals surface area contributed by atoms with Crippen molar-refractivity contribution >= 4 is 27.5 Å². The van der Waals surface area contributed by atoms with Crippen LogP contribution < -0.4 is 0 Å². The van der Waals surface area contributed by atoms with Crippen LogP contribution in [0.1, 0.15) is 77.1 Å². The average molecular weight is 571 g/mol. The highest BCUT2D eigenvalue weighted by Gasteiger charge is 2.35. The maximum absolute atomic E-state index is 5.26. The summed E-state index contributed by atoms with van der Waals surface area (Å²) in [7, 11) is 0. The van der Waals surface area contributed by atoms with Gasteiger partial charge in [-0.3, -0.25) is 4.99 Å². The Hall–Kier alpha value is -4.19. The molecular weight excluding hydrogens is 528 g/mol. The van der Waals surface area contributed by atoms with Gasteiger partial charge in [-0.1, -0.05) is 63.1 Å². The largest absolute Gasteiger partial charge is 0.363 e. The summed E-state index contributed by atoms with van der Waals surface area (Å²) < 4.78 is 0. The molecule has 0 spiro atoms. The highest BCUT2D eigenvalue weighted by Crippen LogP contribution is 2.40. The molecule has 0 bridgehead atoms. The van der Waals surface area contributed by atoms with Crippen molar-refractivity contribution in [1.29, 1.82) is 0 Å². The first-order valence-corrected chi connectivity index (χ1v) is 16.1. The lowest BCUT2D eigenvalue weighted by molar-refractivity contribution is 0.248. The van der Waals surface area contributed by atoms with Gasteiger partial charge in [0.1, 0.15) is 5.82 Å². The van der Waals surface area contributed by atoms with Crippen LogP contribution in [0.15, 0.2) is 84.4 Å². The summed E-state index contributed by atoms with van der Waals surface area (Å²) in [5, 5.41) is 2.44. The zero-order valence-corrected chi connectivity index (χ0v) is 25.4. The molecule has 2 fully saturated rings. The highest BCUT2D eigenvalue weighted by atomic mass is 15.2. The summed E-state index contributed by atoms with van der Waals surface area (Å²) in [4.78, 5) is 24.0. The van der Waals surface area contributed by atoms with Crippen LogP contribution in [0.2, 0.25) is 0 Å². The molecule has 1 saturated carbocycles. The molecule has 6 nitrogen and oxygen atoms in total. The molecule has 5 aromatic rings. The second-order valence-corrected chi connectivity index (χ2v) is 12.5. The van der Waals surface area contributed by atoms with E-state index in [-0.39, 0.29) is 12.1 Å². The lowest BCUT2D eigenvalue weighted by Gasteiger charge is -2.36. The van der Waals surface area contributed by atoms with Gasteiger partial charge >= 0.3 is 0 Å². The first kappa shape index (κ1) is 27.6. The zero-order chi connectivity index (χ0) is 29.3. The molecule has 1 aliphatic heterocycles. The number of aromatic amines is 2. The topological polar surface area (TPSA) is 73.0 Å². The van der Waals surface area contributed by atoms with E-state index in [0.717, 1.165) is 53.9 Å². The van der Waals surface area contributed by atoms with Gasteiger partial charge in [0.2, 0.25) is 0 Å². The molecular formula is C37H42N6. The van der Waals surface area contributed by atoms with Crippen LogP contribution in [-0.2, 0) is 0 Å². The molecule has 220 valence electrons. The van der Waals surface area contributed by atoms with E-state index in [1.807, 2.05) is 6.20 Å². The van der Waals surface area contributed by atoms with E-state index in [9.17, 15) is 0 Å². The summed E-state index contributed by atoms with van der Waals surface area (Å²) in [6.07, 6.45) is 13.3. The third-order valence-electron chi connectivity index (χ3n) is 9.73. The molecule has 1 aliphatic carbocycles. The number of nitrogens with zero attached hydrogens (tertiary/aromatic N) is 4. The minimum Gasteiger partial charge on any atom is -0.363 e. The predicted molar refractivity (Wildman–Crippen MR) is 178 cm³/mol. The summed E-state index contributed by atoms with van der Waals surface area (Å²) >= 11 is 0. The van der Waals surface area contributed by atoms with Gasteiger partial charge in [-0.05, 0) is 91.1 Å². The van der Waals surface area contributed by atoms with E-state index in [0.29, 0.717) is 5.92 Å². The van der Waals surface area contributed by atoms with Gasteiger partial charge in [0.15, 0.2) is 0 Å². The molecule has 6 heteroatoms. The molecule has 2 aliphatic rings. The maximum Gasteiger partial charge on any atom is 0.130 e. The standard InChI is InChI=1S/C37H42N6/c1-4-24(2)40-36(26-9-6-5-7-10-26)25(3)43-18-8-11-35(43)37-41-32-17-16-30(21-33(32)42-37)28-12-13-29-20-31(15-14-27(29)19-28)34-22-38-23-39-34/h12-17,19-23,26,35-36H,3-11,18H2,1-2H3,(H,38,39)(H,41,42)/t35-,36?/m0/s1. The summed E-state index contributed by atoms with van der Waals surface area (Å²) in [5.74, 6) is 1.65.